The van der Waals surface area contributed by atoms with Crippen LogP contribution >= 0.6 is 16.1 Å². The summed E-state index contributed by atoms with van der Waals surface area (Å²) in [6.45, 7) is 0. The van der Waals surface area contributed by atoms with Crippen LogP contribution in [0.15, 0.2) is 4.02 Å². The molecule has 0 aromatic heterocycles. The molecule has 0 unspecified atom stereocenters. The van der Waals surface area contributed by atoms with Crippen LogP contribution in [-0.4, -0.2) is 44.0 Å². The highest BCUT2D eigenvalue weighted by atomic mass is 79.9. The zero-order valence-electron chi connectivity index (χ0n) is 6.22. The van der Waals surface area contributed by atoms with E-state index in [1.54, 1.807) is 0 Å². The minimum absolute atomic E-state index is 0.898. The van der Waals surface area contributed by atoms with Crippen LogP contribution in [0, 0.1) is 0 Å². The predicted octanol–water partition coefficient (Wildman–Crippen LogP) is 0.775. The lowest BCUT2D eigenvalue weighted by atomic mass is 10.7. The third-order valence-corrected chi connectivity index (χ3v) is 1.19. The first-order valence-corrected chi connectivity index (χ1v) is 3.34. The molecule has 3 nitrogen and oxygen atoms in total. The van der Waals surface area contributed by atoms with Crippen molar-refractivity contribution in [3.8, 4) is 0 Å². The van der Waals surface area contributed by atoms with Crippen molar-refractivity contribution in [3.05, 3.63) is 0 Å². The van der Waals surface area contributed by atoms with E-state index in [2.05, 4.69) is 20.2 Å². The molecule has 0 N–H and O–H groups in total. The Bertz CT molecular complexity index is 98.8. The van der Waals surface area contributed by atoms with Crippen molar-refractivity contribution in [2.45, 2.75) is 0 Å². The molecule has 0 rings (SSSR count). The van der Waals surface area contributed by atoms with E-state index in [9.17, 15) is 0 Å². The van der Waals surface area contributed by atoms with Crippen LogP contribution < -0.4 is 0 Å². The molecule has 0 saturated carbocycles. The molecule has 0 aliphatic rings. The Morgan fingerprint density at radius 3 is 1.44 bits per heavy atom. The molecule has 0 heterocycles. The van der Waals surface area contributed by atoms with Gasteiger partial charge in [-0.1, -0.05) is 0 Å². The smallest absolute Gasteiger partial charge is 0.207 e. The monoisotopic (exact) mass is 193 g/mol. The lowest BCUT2D eigenvalue weighted by molar-refractivity contribution is 0.487. The summed E-state index contributed by atoms with van der Waals surface area (Å²) >= 11 is 3.02. The molecule has 0 saturated heterocycles. The van der Waals surface area contributed by atoms with Crippen LogP contribution in [0.2, 0.25) is 0 Å². The van der Waals surface area contributed by atoms with Gasteiger partial charge in [0, 0.05) is 28.2 Å². The van der Waals surface area contributed by atoms with E-state index in [0.717, 1.165) is 5.96 Å². The molecule has 0 aromatic rings. The maximum absolute atomic E-state index is 3.87. The first-order chi connectivity index (χ1) is 4.09. The summed E-state index contributed by atoms with van der Waals surface area (Å²) in [5, 5.41) is 0. The highest BCUT2D eigenvalue weighted by Gasteiger charge is 2.00. The second-order valence-corrected chi connectivity index (χ2v) is 2.53. The molecule has 0 fully saturated rings. The van der Waals surface area contributed by atoms with Crippen molar-refractivity contribution >= 4 is 22.1 Å². The molecule has 0 bridgehead atoms. The second kappa shape index (κ2) is 3.71. The summed E-state index contributed by atoms with van der Waals surface area (Å²) < 4.78 is 3.87. The Morgan fingerprint density at radius 2 is 1.44 bits per heavy atom. The van der Waals surface area contributed by atoms with Crippen molar-refractivity contribution in [2.24, 2.45) is 4.02 Å². The topological polar surface area (TPSA) is 18.8 Å². The number of guanidine groups is 1. The van der Waals surface area contributed by atoms with E-state index in [1.807, 2.05) is 38.0 Å². The minimum Gasteiger partial charge on any atom is -0.348 e. The molecular formula is C5H12BrN3. The van der Waals surface area contributed by atoms with Crippen LogP contribution in [0.5, 0.6) is 0 Å². The van der Waals surface area contributed by atoms with E-state index >= 15 is 0 Å². The molecule has 0 atom stereocenters. The van der Waals surface area contributed by atoms with Gasteiger partial charge in [-0.2, -0.15) is 4.02 Å². The van der Waals surface area contributed by atoms with Gasteiger partial charge in [0.15, 0.2) is 0 Å². The Morgan fingerprint density at radius 1 is 1.11 bits per heavy atom. The maximum atomic E-state index is 3.87. The summed E-state index contributed by atoms with van der Waals surface area (Å²) in [5.41, 5.74) is 0. The molecule has 0 amide bonds. The zero-order valence-corrected chi connectivity index (χ0v) is 7.81. The van der Waals surface area contributed by atoms with E-state index in [4.69, 9.17) is 0 Å². The normalized spacial score (nSPS) is 8.56. The Balaban J connectivity index is 4.01. The molecule has 9 heavy (non-hydrogen) atoms. The van der Waals surface area contributed by atoms with Gasteiger partial charge in [-0.25, -0.2) is 0 Å². The van der Waals surface area contributed by atoms with E-state index < -0.39 is 0 Å². The molecule has 54 valence electrons. The van der Waals surface area contributed by atoms with Crippen LogP contribution in [0.25, 0.3) is 0 Å². The number of halogens is 1. The van der Waals surface area contributed by atoms with E-state index in [1.165, 1.54) is 0 Å². The Kier molecular flexibility index (Phi) is 3.61. The van der Waals surface area contributed by atoms with Crippen LogP contribution in [0.4, 0.5) is 0 Å². The first-order valence-electron chi connectivity index (χ1n) is 2.63. The zero-order chi connectivity index (χ0) is 7.44. The summed E-state index contributed by atoms with van der Waals surface area (Å²) in [6, 6.07) is 0. The third-order valence-electron chi connectivity index (χ3n) is 0.876. The fourth-order valence-corrected chi connectivity index (χ4v) is 1.19. The maximum Gasteiger partial charge on any atom is 0.207 e. The van der Waals surface area contributed by atoms with Crippen molar-refractivity contribution in [2.75, 3.05) is 28.2 Å². The van der Waals surface area contributed by atoms with Crippen LogP contribution in [0.3, 0.4) is 0 Å². The first kappa shape index (κ1) is 8.75. The fourth-order valence-electron chi connectivity index (χ4n) is 0.551. The number of hydrogen-bond acceptors (Lipinski definition) is 1. The van der Waals surface area contributed by atoms with Gasteiger partial charge < -0.3 is 9.80 Å². The Labute approximate surface area is 64.7 Å². The quantitative estimate of drug-likeness (QED) is 0.419. The van der Waals surface area contributed by atoms with Crippen molar-refractivity contribution < 1.29 is 0 Å². The lowest BCUT2D eigenvalue weighted by Gasteiger charge is -2.20. The van der Waals surface area contributed by atoms with Gasteiger partial charge in [0.05, 0.1) is 16.1 Å². The minimum atomic E-state index is 0.898. The van der Waals surface area contributed by atoms with Crippen molar-refractivity contribution in [1.82, 2.24) is 9.80 Å². The molecule has 0 aromatic carbocycles. The summed E-state index contributed by atoms with van der Waals surface area (Å²) in [5.74, 6) is 0.898. The Hall–Kier alpha value is -0.250. The number of hydrogen-bond donors (Lipinski definition) is 0. The molecule has 4 heteroatoms. The van der Waals surface area contributed by atoms with Crippen molar-refractivity contribution in [1.29, 1.82) is 0 Å². The average Bonchev–Trinajstić information content (AvgIpc) is 1.64. The summed E-state index contributed by atoms with van der Waals surface area (Å²) in [4.78, 5) is 3.85. The SMILES string of the molecule is CN(C)C(=NBr)N(C)C. The van der Waals surface area contributed by atoms with Crippen LogP contribution in [0.1, 0.15) is 0 Å². The molecule has 0 aliphatic heterocycles. The average molecular weight is 194 g/mol. The van der Waals surface area contributed by atoms with Gasteiger partial charge in [-0.3, -0.25) is 0 Å². The van der Waals surface area contributed by atoms with Gasteiger partial charge in [0.1, 0.15) is 0 Å². The fraction of sp³-hybridized carbons (Fsp3) is 0.800. The summed E-state index contributed by atoms with van der Waals surface area (Å²) in [6.07, 6.45) is 0. The standard InChI is InChI=1S/C5H12BrN3/c1-8(2)5(7-6)9(3)4/h1-4H3. The number of rotatable bonds is 0. The van der Waals surface area contributed by atoms with Gasteiger partial charge in [0.2, 0.25) is 5.96 Å². The highest BCUT2D eigenvalue weighted by Crippen LogP contribution is 1.92. The molecule has 0 aliphatic carbocycles. The third kappa shape index (κ3) is 2.70. The molecular weight excluding hydrogens is 182 g/mol. The van der Waals surface area contributed by atoms with E-state index in [0.29, 0.717) is 0 Å². The van der Waals surface area contributed by atoms with Gasteiger partial charge in [-0.15, -0.1) is 0 Å². The predicted molar refractivity (Wildman–Crippen MR) is 43.7 cm³/mol. The lowest BCUT2D eigenvalue weighted by Crippen LogP contribution is -2.34. The molecule has 0 spiro atoms. The second-order valence-electron chi connectivity index (χ2n) is 2.17. The number of nitrogens with zero attached hydrogens (tertiary/aromatic N) is 3. The van der Waals surface area contributed by atoms with Gasteiger partial charge >= 0.3 is 0 Å². The van der Waals surface area contributed by atoms with Gasteiger partial charge in [-0.05, 0) is 0 Å². The van der Waals surface area contributed by atoms with Crippen molar-refractivity contribution in [3.63, 3.8) is 0 Å². The van der Waals surface area contributed by atoms with E-state index in [-0.39, 0.29) is 0 Å². The largest absolute Gasteiger partial charge is 0.348 e. The highest BCUT2D eigenvalue weighted by molar-refractivity contribution is 9.08. The van der Waals surface area contributed by atoms with Crippen LogP contribution in [-0.2, 0) is 0 Å². The molecule has 0 radical (unpaired) electrons. The summed E-state index contributed by atoms with van der Waals surface area (Å²) in [7, 11) is 7.78. The van der Waals surface area contributed by atoms with Gasteiger partial charge in [0.25, 0.3) is 0 Å².